The molecule has 2 N–H and O–H groups in total. The van der Waals surface area contributed by atoms with Crippen molar-refractivity contribution in [3.05, 3.63) is 113 Å². The molecule has 0 radical (unpaired) electrons. The van der Waals surface area contributed by atoms with Gasteiger partial charge in [-0.2, -0.15) is 5.10 Å². The van der Waals surface area contributed by atoms with E-state index in [1.165, 1.54) is 0 Å². The number of rotatable bonds is 8. The number of alkyl carbamates (subject to hydrolysis) is 1. The first-order chi connectivity index (χ1) is 17.9. The van der Waals surface area contributed by atoms with Crippen LogP contribution in [-0.4, -0.2) is 39.6 Å². The molecule has 0 saturated heterocycles. The first-order valence-corrected chi connectivity index (χ1v) is 12.3. The number of carbonyl (C=O) groups excluding carboxylic acids is 1. The molecule has 1 aromatic heterocycles. The fourth-order valence-corrected chi connectivity index (χ4v) is 5.13. The van der Waals surface area contributed by atoms with Crippen molar-refractivity contribution < 1.29 is 19.4 Å². The summed E-state index contributed by atoms with van der Waals surface area (Å²) in [5.41, 5.74) is 8.00. The number of carboxylic acid groups (broad SMARTS) is 1. The number of aliphatic carboxylic acids is 1. The Labute approximate surface area is 215 Å². The third-order valence-electron chi connectivity index (χ3n) is 7.05. The zero-order valence-electron chi connectivity index (χ0n) is 20.8. The minimum Gasteiger partial charge on any atom is -0.480 e. The molecule has 188 valence electrons. The molecule has 0 aliphatic heterocycles. The van der Waals surface area contributed by atoms with Crippen LogP contribution >= 0.6 is 0 Å². The van der Waals surface area contributed by atoms with Crippen LogP contribution in [0.4, 0.5) is 4.79 Å². The lowest BCUT2D eigenvalue weighted by Gasteiger charge is -2.18. The minimum atomic E-state index is -1.14. The Morgan fingerprint density at radius 3 is 2.16 bits per heavy atom. The van der Waals surface area contributed by atoms with E-state index in [1.54, 1.807) is 0 Å². The molecular weight excluding hydrogens is 466 g/mol. The summed E-state index contributed by atoms with van der Waals surface area (Å²) < 4.78 is 7.44. The summed E-state index contributed by atoms with van der Waals surface area (Å²) in [6, 6.07) is 25.0. The number of fused-ring (bicyclic) bond motifs is 3. The highest BCUT2D eigenvalue weighted by Crippen LogP contribution is 2.44. The van der Waals surface area contributed by atoms with Gasteiger partial charge in [-0.25, -0.2) is 9.59 Å². The summed E-state index contributed by atoms with van der Waals surface area (Å²) in [7, 11) is 0. The van der Waals surface area contributed by atoms with Gasteiger partial charge in [0.1, 0.15) is 12.6 Å². The van der Waals surface area contributed by atoms with Crippen LogP contribution in [0.5, 0.6) is 0 Å². The third-order valence-corrected chi connectivity index (χ3v) is 7.05. The van der Waals surface area contributed by atoms with Crippen LogP contribution in [0.25, 0.3) is 11.1 Å². The fraction of sp³-hybridized carbons (Fsp3) is 0.233. The molecule has 7 heteroatoms. The van der Waals surface area contributed by atoms with Crippen molar-refractivity contribution in [1.29, 1.82) is 0 Å². The van der Waals surface area contributed by atoms with Crippen molar-refractivity contribution in [2.45, 2.75) is 38.8 Å². The van der Waals surface area contributed by atoms with Gasteiger partial charge in [-0.3, -0.25) is 4.68 Å². The standard InChI is InChI=1S/C30H29N3O4/c1-19-26(20(2)33(32-19)17-21-10-4-3-5-11-21)16-28(29(34)35)31-30(36)37-18-27-24-14-8-6-12-22(24)23-13-7-9-15-25(23)27/h3-15,27-28H,16-18H2,1-2H3,(H,31,36)(H,34,35). The van der Waals surface area contributed by atoms with E-state index in [2.05, 4.69) is 22.5 Å². The van der Waals surface area contributed by atoms with E-state index in [4.69, 9.17) is 4.74 Å². The first-order valence-electron chi connectivity index (χ1n) is 12.3. The second-order valence-electron chi connectivity index (χ2n) is 9.36. The van der Waals surface area contributed by atoms with Gasteiger partial charge in [-0.05, 0) is 47.2 Å². The van der Waals surface area contributed by atoms with Gasteiger partial charge >= 0.3 is 12.1 Å². The summed E-state index contributed by atoms with van der Waals surface area (Å²) in [6.45, 7) is 4.49. The van der Waals surface area contributed by atoms with Crippen LogP contribution in [0.2, 0.25) is 0 Å². The van der Waals surface area contributed by atoms with E-state index in [0.717, 1.165) is 44.8 Å². The number of amides is 1. The van der Waals surface area contributed by atoms with Crippen molar-refractivity contribution in [2.24, 2.45) is 0 Å². The lowest BCUT2D eigenvalue weighted by Crippen LogP contribution is -2.43. The van der Waals surface area contributed by atoms with Crippen LogP contribution in [0.1, 0.15) is 39.6 Å². The number of hydrogen-bond acceptors (Lipinski definition) is 4. The number of nitrogens with zero attached hydrogens (tertiary/aromatic N) is 2. The molecule has 0 bridgehead atoms. The average molecular weight is 496 g/mol. The minimum absolute atomic E-state index is 0.0952. The first kappa shape index (κ1) is 24.3. The molecule has 0 spiro atoms. The number of carbonyl (C=O) groups is 2. The molecule has 1 aliphatic carbocycles. The van der Waals surface area contributed by atoms with Crippen molar-refractivity contribution in [3.8, 4) is 11.1 Å². The van der Waals surface area contributed by atoms with E-state index < -0.39 is 18.1 Å². The molecular formula is C30H29N3O4. The van der Waals surface area contributed by atoms with Crippen LogP contribution in [0.3, 0.4) is 0 Å². The number of carboxylic acids is 1. The molecule has 1 aliphatic rings. The maximum atomic E-state index is 12.7. The van der Waals surface area contributed by atoms with Crippen molar-refractivity contribution in [3.63, 3.8) is 0 Å². The Bertz CT molecular complexity index is 1400. The quantitative estimate of drug-likeness (QED) is 0.356. The van der Waals surface area contributed by atoms with E-state index in [9.17, 15) is 14.7 Å². The molecule has 5 rings (SSSR count). The lowest BCUT2D eigenvalue weighted by atomic mass is 9.98. The molecule has 0 saturated carbocycles. The van der Waals surface area contributed by atoms with Gasteiger partial charge in [0.2, 0.25) is 0 Å². The van der Waals surface area contributed by atoms with Crippen LogP contribution in [0.15, 0.2) is 78.9 Å². The molecule has 1 atom stereocenters. The molecule has 1 unspecified atom stereocenters. The normalized spacial score (nSPS) is 13.0. The number of hydrogen-bond donors (Lipinski definition) is 2. The molecule has 1 amide bonds. The van der Waals surface area contributed by atoms with Gasteiger partial charge in [-0.15, -0.1) is 0 Å². The van der Waals surface area contributed by atoms with Crippen LogP contribution < -0.4 is 5.32 Å². The molecule has 4 aromatic rings. The number of aryl methyl sites for hydroxylation is 1. The maximum Gasteiger partial charge on any atom is 0.407 e. The third kappa shape index (κ3) is 4.98. The topological polar surface area (TPSA) is 93.5 Å². The molecule has 7 nitrogen and oxygen atoms in total. The van der Waals surface area contributed by atoms with Crippen LogP contribution in [-0.2, 0) is 22.5 Å². The van der Waals surface area contributed by atoms with Gasteiger partial charge in [0, 0.05) is 18.0 Å². The second kappa shape index (κ2) is 10.3. The molecule has 0 fully saturated rings. The monoisotopic (exact) mass is 495 g/mol. The van der Waals surface area contributed by atoms with Gasteiger partial charge in [0.25, 0.3) is 0 Å². The summed E-state index contributed by atoms with van der Waals surface area (Å²) in [6.07, 6.45) is -0.632. The maximum absolute atomic E-state index is 12.7. The Kier molecular flexibility index (Phi) is 6.77. The van der Waals surface area contributed by atoms with Gasteiger partial charge in [0.05, 0.1) is 12.2 Å². The van der Waals surface area contributed by atoms with Crippen LogP contribution in [0, 0.1) is 13.8 Å². The summed E-state index contributed by atoms with van der Waals surface area (Å²) in [5.74, 6) is -1.22. The highest BCUT2D eigenvalue weighted by Gasteiger charge is 2.30. The molecule has 1 heterocycles. The zero-order chi connectivity index (χ0) is 25.9. The highest BCUT2D eigenvalue weighted by atomic mass is 16.5. The van der Waals surface area contributed by atoms with Crippen molar-refractivity contribution >= 4 is 12.1 Å². The lowest BCUT2D eigenvalue weighted by molar-refractivity contribution is -0.139. The summed E-state index contributed by atoms with van der Waals surface area (Å²) in [5, 5.41) is 17.0. The second-order valence-corrected chi connectivity index (χ2v) is 9.36. The van der Waals surface area contributed by atoms with Gasteiger partial charge < -0.3 is 15.2 Å². The van der Waals surface area contributed by atoms with Gasteiger partial charge in [-0.1, -0.05) is 78.9 Å². The fourth-order valence-electron chi connectivity index (χ4n) is 5.13. The predicted octanol–water partition coefficient (Wildman–Crippen LogP) is 5.08. The van der Waals surface area contributed by atoms with E-state index in [1.807, 2.05) is 85.3 Å². The SMILES string of the molecule is Cc1nn(Cc2ccccc2)c(C)c1CC(NC(=O)OCC1c2ccccc2-c2ccccc21)C(=O)O. The number of ether oxygens (including phenoxy) is 1. The Morgan fingerprint density at radius 1 is 0.946 bits per heavy atom. The Balaban J connectivity index is 1.26. The highest BCUT2D eigenvalue weighted by molar-refractivity contribution is 5.81. The predicted molar refractivity (Wildman–Crippen MR) is 141 cm³/mol. The largest absolute Gasteiger partial charge is 0.480 e. The number of aromatic nitrogens is 2. The van der Waals surface area contributed by atoms with E-state index >= 15 is 0 Å². The molecule has 37 heavy (non-hydrogen) atoms. The Hall–Kier alpha value is -4.39. The van der Waals surface area contributed by atoms with Gasteiger partial charge in [0.15, 0.2) is 0 Å². The zero-order valence-corrected chi connectivity index (χ0v) is 20.8. The smallest absolute Gasteiger partial charge is 0.407 e. The number of nitrogens with one attached hydrogen (secondary N) is 1. The molecule has 3 aromatic carbocycles. The Morgan fingerprint density at radius 2 is 1.54 bits per heavy atom. The van der Waals surface area contributed by atoms with E-state index in [-0.39, 0.29) is 18.9 Å². The van der Waals surface area contributed by atoms with Crippen molar-refractivity contribution in [2.75, 3.05) is 6.61 Å². The summed E-state index contributed by atoms with van der Waals surface area (Å²) in [4.78, 5) is 24.8. The average Bonchev–Trinajstić information content (AvgIpc) is 3.36. The van der Waals surface area contributed by atoms with Crippen molar-refractivity contribution in [1.82, 2.24) is 15.1 Å². The number of benzene rings is 3. The summed E-state index contributed by atoms with van der Waals surface area (Å²) >= 11 is 0. The van der Waals surface area contributed by atoms with E-state index in [0.29, 0.717) is 6.54 Å².